The highest BCUT2D eigenvalue weighted by Gasteiger charge is 2.26. The number of hydrogen-bond acceptors (Lipinski definition) is 4. The molecule has 0 unspecified atom stereocenters. The van der Waals surface area contributed by atoms with Crippen LogP contribution in [0.5, 0.6) is 0 Å². The monoisotopic (exact) mass is 220 g/mol. The molecule has 0 atom stereocenters. The van der Waals surface area contributed by atoms with Crippen LogP contribution >= 0.6 is 0 Å². The third-order valence-corrected chi connectivity index (χ3v) is 1.54. The standard InChI is InChI=1S/C7H3F3N2O3/c8-3-1-5(12(14)15)11-4(2-13)6(3)7(9)10/h1-2,7H. The van der Waals surface area contributed by atoms with Crippen molar-refractivity contribution in [3.05, 3.63) is 33.3 Å². The molecule has 0 bridgehead atoms. The lowest BCUT2D eigenvalue weighted by Gasteiger charge is -2.01. The molecule has 0 fully saturated rings. The number of nitro groups is 1. The molecular formula is C7H3F3N2O3. The Bertz CT molecular complexity index is 422. The van der Waals surface area contributed by atoms with E-state index in [1.807, 2.05) is 0 Å². The summed E-state index contributed by atoms with van der Waals surface area (Å²) >= 11 is 0. The van der Waals surface area contributed by atoms with Gasteiger partial charge >= 0.3 is 5.82 Å². The molecule has 0 amide bonds. The Kier molecular flexibility index (Phi) is 2.98. The molecule has 0 aliphatic carbocycles. The molecule has 1 aromatic heterocycles. The minimum Gasteiger partial charge on any atom is -0.358 e. The van der Waals surface area contributed by atoms with Gasteiger partial charge in [-0.25, -0.2) is 13.2 Å². The summed E-state index contributed by atoms with van der Waals surface area (Å²) in [6, 6.07) is 0.245. The maximum atomic E-state index is 12.9. The predicted molar refractivity (Wildman–Crippen MR) is 41.2 cm³/mol. The van der Waals surface area contributed by atoms with Crippen LogP contribution in [0.4, 0.5) is 19.0 Å². The molecule has 1 rings (SSSR count). The molecule has 0 spiro atoms. The van der Waals surface area contributed by atoms with E-state index in [1.54, 1.807) is 0 Å². The topological polar surface area (TPSA) is 73.1 Å². The van der Waals surface area contributed by atoms with Crippen molar-refractivity contribution in [2.75, 3.05) is 0 Å². The van der Waals surface area contributed by atoms with Gasteiger partial charge in [0.25, 0.3) is 6.43 Å². The van der Waals surface area contributed by atoms with Gasteiger partial charge in [-0.1, -0.05) is 0 Å². The second kappa shape index (κ2) is 4.03. The van der Waals surface area contributed by atoms with Crippen LogP contribution < -0.4 is 0 Å². The van der Waals surface area contributed by atoms with Crippen LogP contribution in [0.1, 0.15) is 22.5 Å². The zero-order valence-corrected chi connectivity index (χ0v) is 6.99. The van der Waals surface area contributed by atoms with E-state index in [0.29, 0.717) is 0 Å². The van der Waals surface area contributed by atoms with Crippen molar-refractivity contribution >= 4 is 12.1 Å². The quantitative estimate of drug-likeness (QED) is 0.442. The van der Waals surface area contributed by atoms with Crippen LogP contribution in [0.2, 0.25) is 0 Å². The highest BCUT2D eigenvalue weighted by molar-refractivity contribution is 5.75. The lowest BCUT2D eigenvalue weighted by molar-refractivity contribution is -0.389. The number of rotatable bonds is 3. The number of carbonyl (C=O) groups excluding carboxylic acids is 1. The molecule has 1 aromatic rings. The van der Waals surface area contributed by atoms with Crippen molar-refractivity contribution in [1.29, 1.82) is 0 Å². The third kappa shape index (κ3) is 2.09. The molecule has 0 aliphatic heterocycles. The maximum absolute atomic E-state index is 12.9. The SMILES string of the molecule is O=Cc1nc([N+](=O)[O-])cc(F)c1C(F)F. The van der Waals surface area contributed by atoms with E-state index in [-0.39, 0.29) is 12.4 Å². The number of halogens is 3. The number of nitrogens with zero attached hydrogens (tertiary/aromatic N) is 2. The van der Waals surface area contributed by atoms with Crippen molar-refractivity contribution in [3.8, 4) is 0 Å². The summed E-state index contributed by atoms with van der Waals surface area (Å²) in [5, 5.41) is 10.2. The highest BCUT2D eigenvalue weighted by atomic mass is 19.3. The maximum Gasteiger partial charge on any atom is 0.367 e. The fourth-order valence-corrected chi connectivity index (χ4v) is 0.929. The van der Waals surface area contributed by atoms with Crippen LogP contribution in [0.25, 0.3) is 0 Å². The molecule has 5 nitrogen and oxygen atoms in total. The number of pyridine rings is 1. The minimum atomic E-state index is -3.25. The average Bonchev–Trinajstić information content (AvgIpc) is 2.15. The predicted octanol–water partition coefficient (Wildman–Crippen LogP) is 1.88. The normalized spacial score (nSPS) is 10.4. The van der Waals surface area contributed by atoms with Gasteiger partial charge in [-0.15, -0.1) is 0 Å². The molecule has 0 saturated carbocycles. The zero-order chi connectivity index (χ0) is 11.6. The first-order valence-corrected chi connectivity index (χ1v) is 3.55. The van der Waals surface area contributed by atoms with Crippen LogP contribution in [0.15, 0.2) is 6.07 Å². The molecule has 0 aromatic carbocycles. The Morgan fingerprint density at radius 2 is 2.13 bits per heavy atom. The second-order valence-corrected chi connectivity index (χ2v) is 2.44. The molecule has 0 N–H and O–H groups in total. The van der Waals surface area contributed by atoms with E-state index in [4.69, 9.17) is 0 Å². The highest BCUT2D eigenvalue weighted by Crippen LogP contribution is 2.26. The summed E-state index contributed by atoms with van der Waals surface area (Å²) in [7, 11) is 0. The molecular weight excluding hydrogens is 217 g/mol. The minimum absolute atomic E-state index is 0.155. The number of aldehydes is 1. The van der Waals surface area contributed by atoms with Crippen molar-refractivity contribution < 1.29 is 22.9 Å². The fourth-order valence-electron chi connectivity index (χ4n) is 0.929. The van der Waals surface area contributed by atoms with E-state index in [1.165, 1.54) is 0 Å². The molecule has 80 valence electrons. The first kappa shape index (κ1) is 11.1. The van der Waals surface area contributed by atoms with E-state index >= 15 is 0 Å². The molecule has 0 aliphatic rings. The van der Waals surface area contributed by atoms with E-state index in [2.05, 4.69) is 4.98 Å². The summed E-state index contributed by atoms with van der Waals surface area (Å²) in [5.74, 6) is -2.51. The van der Waals surface area contributed by atoms with Crippen LogP contribution in [-0.4, -0.2) is 16.2 Å². The Balaban J connectivity index is 3.43. The fraction of sp³-hybridized carbons (Fsp3) is 0.143. The lowest BCUT2D eigenvalue weighted by Crippen LogP contribution is -2.04. The average molecular weight is 220 g/mol. The molecule has 8 heteroatoms. The van der Waals surface area contributed by atoms with Crippen molar-refractivity contribution in [3.63, 3.8) is 0 Å². The molecule has 0 radical (unpaired) electrons. The van der Waals surface area contributed by atoms with E-state index < -0.39 is 34.2 Å². The van der Waals surface area contributed by atoms with Crippen LogP contribution in [0.3, 0.4) is 0 Å². The van der Waals surface area contributed by atoms with Gasteiger partial charge in [-0.05, 0) is 9.91 Å². The number of alkyl halides is 2. The third-order valence-electron chi connectivity index (χ3n) is 1.54. The van der Waals surface area contributed by atoms with Crippen molar-refractivity contribution in [2.45, 2.75) is 6.43 Å². The number of hydrogen-bond donors (Lipinski definition) is 0. The Morgan fingerprint density at radius 1 is 1.53 bits per heavy atom. The van der Waals surface area contributed by atoms with Gasteiger partial charge in [0.1, 0.15) is 11.4 Å². The number of carbonyl (C=O) groups is 1. The summed E-state index contributed by atoms with van der Waals surface area (Å²) in [6.07, 6.45) is -3.41. The molecule has 0 saturated heterocycles. The smallest absolute Gasteiger partial charge is 0.358 e. The summed E-state index contributed by atoms with van der Waals surface area (Å²) < 4.78 is 37.3. The summed E-state index contributed by atoms with van der Waals surface area (Å²) in [4.78, 5) is 22.4. The van der Waals surface area contributed by atoms with Crippen molar-refractivity contribution in [1.82, 2.24) is 4.98 Å². The summed E-state index contributed by atoms with van der Waals surface area (Å²) in [6.45, 7) is 0. The van der Waals surface area contributed by atoms with E-state index in [9.17, 15) is 28.1 Å². The zero-order valence-electron chi connectivity index (χ0n) is 6.99. The first-order chi connectivity index (χ1) is 6.97. The van der Waals surface area contributed by atoms with Gasteiger partial charge in [0.05, 0.1) is 6.07 Å². The van der Waals surface area contributed by atoms with Gasteiger partial charge in [-0.2, -0.15) is 0 Å². The lowest BCUT2D eigenvalue weighted by atomic mass is 10.2. The van der Waals surface area contributed by atoms with Gasteiger partial charge in [0, 0.05) is 0 Å². The largest absolute Gasteiger partial charge is 0.367 e. The Hall–Kier alpha value is -1.99. The second-order valence-electron chi connectivity index (χ2n) is 2.44. The number of aromatic nitrogens is 1. The molecule has 1 heterocycles. The molecule has 15 heavy (non-hydrogen) atoms. The first-order valence-electron chi connectivity index (χ1n) is 3.55. The van der Waals surface area contributed by atoms with Gasteiger partial charge < -0.3 is 10.1 Å². The van der Waals surface area contributed by atoms with Gasteiger partial charge in [0.2, 0.25) is 5.69 Å². The van der Waals surface area contributed by atoms with Gasteiger partial charge in [-0.3, -0.25) is 4.79 Å². The van der Waals surface area contributed by atoms with E-state index in [0.717, 1.165) is 0 Å². The van der Waals surface area contributed by atoms with Crippen LogP contribution in [0, 0.1) is 15.9 Å². The Morgan fingerprint density at radius 3 is 2.53 bits per heavy atom. The van der Waals surface area contributed by atoms with Crippen LogP contribution in [-0.2, 0) is 0 Å². The Labute approximate surface area is 80.7 Å². The van der Waals surface area contributed by atoms with Gasteiger partial charge in [0.15, 0.2) is 6.29 Å². The summed E-state index contributed by atoms with van der Waals surface area (Å²) in [5.41, 5.74) is -2.19. The van der Waals surface area contributed by atoms with Crippen molar-refractivity contribution in [2.24, 2.45) is 0 Å².